The van der Waals surface area contributed by atoms with Gasteiger partial charge >= 0.3 is 0 Å². The van der Waals surface area contributed by atoms with Gasteiger partial charge in [0.1, 0.15) is 0 Å². The van der Waals surface area contributed by atoms with Gasteiger partial charge in [0.2, 0.25) is 0 Å². The number of rotatable bonds is 7. The Morgan fingerprint density at radius 2 is 2.24 bits per heavy atom. The molecule has 0 fully saturated rings. The summed E-state index contributed by atoms with van der Waals surface area (Å²) in [6, 6.07) is 7.98. The van der Waals surface area contributed by atoms with Gasteiger partial charge in [-0.1, -0.05) is 37.2 Å². The second-order valence-electron chi connectivity index (χ2n) is 4.33. The van der Waals surface area contributed by atoms with E-state index in [1.165, 1.54) is 11.1 Å². The molecule has 0 aliphatic rings. The maximum atomic E-state index is 5.96. The second kappa shape index (κ2) is 7.49. The lowest BCUT2D eigenvalue weighted by atomic mass is 10.2. The van der Waals surface area contributed by atoms with Crippen LogP contribution >= 0.6 is 11.6 Å². The third kappa shape index (κ3) is 5.87. The smallest absolute Gasteiger partial charge is 0.0409 e. The fourth-order valence-electron chi connectivity index (χ4n) is 1.74. The summed E-state index contributed by atoms with van der Waals surface area (Å²) in [7, 11) is 2.10. The monoisotopic (exact) mass is 252 g/mol. The Kier molecular flexibility index (Phi) is 6.27. The zero-order chi connectivity index (χ0) is 12.7. The lowest BCUT2D eigenvalue weighted by molar-refractivity contribution is 0.352. The number of likely N-dealkylation sites (N-methyl/N-ethyl adjacent to an activating group) is 2. The van der Waals surface area contributed by atoms with Crippen molar-refractivity contribution in [2.45, 2.75) is 13.5 Å². The highest BCUT2D eigenvalue weighted by Gasteiger charge is 2.02. The molecule has 0 heterocycles. The van der Waals surface area contributed by atoms with Gasteiger partial charge in [-0.3, -0.25) is 4.90 Å². The Bertz CT molecular complexity index is 363. The molecule has 0 bridgehead atoms. The van der Waals surface area contributed by atoms with Gasteiger partial charge in [-0.15, -0.1) is 0 Å². The van der Waals surface area contributed by atoms with E-state index >= 15 is 0 Å². The summed E-state index contributed by atoms with van der Waals surface area (Å²) in [6.07, 6.45) is 0. The lowest BCUT2D eigenvalue weighted by Crippen LogP contribution is -2.25. The normalized spacial score (nSPS) is 10.8. The molecule has 1 rings (SSSR count). The summed E-state index contributed by atoms with van der Waals surface area (Å²) < 4.78 is 0. The molecule has 0 saturated heterocycles. The van der Waals surface area contributed by atoms with E-state index in [2.05, 4.69) is 36.8 Å². The molecular formula is C14H21ClN2. The van der Waals surface area contributed by atoms with Crippen LogP contribution in [0.5, 0.6) is 0 Å². The molecule has 0 radical (unpaired) electrons. The van der Waals surface area contributed by atoms with E-state index in [4.69, 9.17) is 11.6 Å². The standard InChI is InChI=1S/C14H21ClN2/c1-4-16-9-12(2)10-17(3)11-13-6-5-7-14(15)8-13/h5-8,16H,2,4,9-11H2,1,3H3. The van der Waals surface area contributed by atoms with E-state index in [9.17, 15) is 0 Å². The highest BCUT2D eigenvalue weighted by molar-refractivity contribution is 6.30. The van der Waals surface area contributed by atoms with Crippen molar-refractivity contribution < 1.29 is 0 Å². The van der Waals surface area contributed by atoms with Gasteiger partial charge in [-0.2, -0.15) is 0 Å². The highest BCUT2D eigenvalue weighted by atomic mass is 35.5. The van der Waals surface area contributed by atoms with Gasteiger partial charge in [0.25, 0.3) is 0 Å². The van der Waals surface area contributed by atoms with Crippen molar-refractivity contribution >= 4 is 11.6 Å². The quantitative estimate of drug-likeness (QED) is 0.751. The van der Waals surface area contributed by atoms with Gasteiger partial charge in [-0.05, 0) is 36.9 Å². The third-order valence-corrected chi connectivity index (χ3v) is 2.70. The van der Waals surface area contributed by atoms with Crippen molar-refractivity contribution in [3.05, 3.63) is 47.0 Å². The van der Waals surface area contributed by atoms with Crippen LogP contribution < -0.4 is 5.32 Å². The van der Waals surface area contributed by atoms with Gasteiger partial charge in [-0.25, -0.2) is 0 Å². The van der Waals surface area contributed by atoms with Gasteiger partial charge in [0, 0.05) is 24.7 Å². The molecule has 17 heavy (non-hydrogen) atoms. The molecule has 1 aromatic rings. The van der Waals surface area contributed by atoms with E-state index in [0.29, 0.717) is 0 Å². The number of halogens is 1. The predicted molar refractivity (Wildman–Crippen MR) is 75.5 cm³/mol. The Labute approximate surface area is 109 Å². The highest BCUT2D eigenvalue weighted by Crippen LogP contribution is 2.12. The van der Waals surface area contributed by atoms with Crippen LogP contribution in [-0.4, -0.2) is 31.6 Å². The van der Waals surface area contributed by atoms with Crippen molar-refractivity contribution in [2.24, 2.45) is 0 Å². The van der Waals surface area contributed by atoms with Crippen molar-refractivity contribution in [1.29, 1.82) is 0 Å². The van der Waals surface area contributed by atoms with Gasteiger partial charge in [0.05, 0.1) is 0 Å². The largest absolute Gasteiger partial charge is 0.313 e. The summed E-state index contributed by atoms with van der Waals surface area (Å²) in [5, 5.41) is 4.07. The Hall–Kier alpha value is -0.830. The van der Waals surface area contributed by atoms with Crippen molar-refractivity contribution in [3.63, 3.8) is 0 Å². The average Bonchev–Trinajstić information content (AvgIpc) is 2.26. The molecule has 0 aliphatic carbocycles. The molecule has 0 amide bonds. The number of nitrogens with zero attached hydrogens (tertiary/aromatic N) is 1. The summed E-state index contributed by atoms with van der Waals surface area (Å²) >= 11 is 5.96. The molecule has 94 valence electrons. The van der Waals surface area contributed by atoms with E-state index in [0.717, 1.165) is 31.2 Å². The third-order valence-electron chi connectivity index (χ3n) is 2.46. The van der Waals surface area contributed by atoms with E-state index in [1.54, 1.807) is 0 Å². The molecular weight excluding hydrogens is 232 g/mol. The van der Waals surface area contributed by atoms with E-state index < -0.39 is 0 Å². The average molecular weight is 253 g/mol. The van der Waals surface area contributed by atoms with Crippen LogP contribution in [0.25, 0.3) is 0 Å². The molecule has 0 unspecified atom stereocenters. The van der Waals surface area contributed by atoms with Crippen LogP contribution in [0.1, 0.15) is 12.5 Å². The number of nitrogens with one attached hydrogen (secondary N) is 1. The SMILES string of the molecule is C=C(CNCC)CN(C)Cc1cccc(Cl)c1. The lowest BCUT2D eigenvalue weighted by Gasteiger charge is -2.18. The minimum Gasteiger partial charge on any atom is -0.313 e. The maximum absolute atomic E-state index is 5.96. The first kappa shape index (κ1) is 14.2. The molecule has 0 atom stereocenters. The van der Waals surface area contributed by atoms with Crippen molar-refractivity contribution in [3.8, 4) is 0 Å². The van der Waals surface area contributed by atoms with E-state index in [-0.39, 0.29) is 0 Å². The molecule has 0 spiro atoms. The van der Waals surface area contributed by atoms with Gasteiger partial charge < -0.3 is 5.32 Å². The van der Waals surface area contributed by atoms with Crippen LogP contribution in [0.3, 0.4) is 0 Å². The molecule has 3 heteroatoms. The predicted octanol–water partition coefficient (Wildman–Crippen LogP) is 2.94. The van der Waals surface area contributed by atoms with Crippen LogP contribution in [0.15, 0.2) is 36.4 Å². The minimum absolute atomic E-state index is 0.794. The molecule has 2 nitrogen and oxygen atoms in total. The zero-order valence-electron chi connectivity index (χ0n) is 10.7. The summed E-state index contributed by atoms with van der Waals surface area (Å²) in [5.41, 5.74) is 2.44. The Balaban J connectivity index is 2.39. The molecule has 0 aliphatic heterocycles. The minimum atomic E-state index is 0.794. The first-order chi connectivity index (χ1) is 8.11. The van der Waals surface area contributed by atoms with Crippen molar-refractivity contribution in [1.82, 2.24) is 10.2 Å². The fraction of sp³-hybridized carbons (Fsp3) is 0.429. The van der Waals surface area contributed by atoms with Crippen LogP contribution in [0, 0.1) is 0 Å². The summed E-state index contributed by atoms with van der Waals surface area (Å²) in [6.45, 7) is 9.83. The molecule has 1 aromatic carbocycles. The van der Waals surface area contributed by atoms with Crippen LogP contribution in [0.2, 0.25) is 5.02 Å². The second-order valence-corrected chi connectivity index (χ2v) is 4.77. The summed E-state index contributed by atoms with van der Waals surface area (Å²) in [4.78, 5) is 2.24. The number of hydrogen-bond donors (Lipinski definition) is 1. The van der Waals surface area contributed by atoms with Crippen LogP contribution in [-0.2, 0) is 6.54 Å². The maximum Gasteiger partial charge on any atom is 0.0409 e. The molecule has 0 aromatic heterocycles. The number of hydrogen-bond acceptors (Lipinski definition) is 2. The number of benzene rings is 1. The van der Waals surface area contributed by atoms with Gasteiger partial charge in [0.15, 0.2) is 0 Å². The first-order valence-electron chi connectivity index (χ1n) is 5.92. The molecule has 0 saturated carbocycles. The Morgan fingerprint density at radius 3 is 2.88 bits per heavy atom. The fourth-order valence-corrected chi connectivity index (χ4v) is 1.96. The topological polar surface area (TPSA) is 15.3 Å². The van der Waals surface area contributed by atoms with Crippen molar-refractivity contribution in [2.75, 3.05) is 26.7 Å². The Morgan fingerprint density at radius 1 is 1.47 bits per heavy atom. The van der Waals surface area contributed by atoms with E-state index in [1.807, 2.05) is 18.2 Å². The first-order valence-corrected chi connectivity index (χ1v) is 6.30. The van der Waals surface area contributed by atoms with Crippen LogP contribution in [0.4, 0.5) is 0 Å². The molecule has 1 N–H and O–H groups in total. The summed E-state index contributed by atoms with van der Waals surface area (Å²) in [5.74, 6) is 0. The zero-order valence-corrected chi connectivity index (χ0v) is 11.4.